The summed E-state index contributed by atoms with van der Waals surface area (Å²) in [5, 5.41) is 0.948. The van der Waals surface area contributed by atoms with Gasteiger partial charge in [0.15, 0.2) is 0 Å². The summed E-state index contributed by atoms with van der Waals surface area (Å²) < 4.78 is 10.7. The molecule has 0 N–H and O–H groups in total. The lowest BCUT2D eigenvalue weighted by atomic mass is 10.2. The van der Waals surface area contributed by atoms with Crippen LogP contribution in [0, 0.1) is 0 Å². The van der Waals surface area contributed by atoms with Crippen molar-refractivity contribution in [2.45, 2.75) is 0 Å². The van der Waals surface area contributed by atoms with E-state index in [1.54, 1.807) is 19.4 Å². The van der Waals surface area contributed by atoms with E-state index in [1.165, 1.54) is 0 Å². The van der Waals surface area contributed by atoms with Crippen molar-refractivity contribution in [1.82, 2.24) is 4.98 Å². The van der Waals surface area contributed by atoms with Gasteiger partial charge in [-0.25, -0.2) is 0 Å². The van der Waals surface area contributed by atoms with Gasteiger partial charge in [0, 0.05) is 11.6 Å². The van der Waals surface area contributed by atoms with E-state index in [2.05, 4.69) is 11.6 Å². The molecule has 2 aromatic rings. The number of methoxy groups -OCH3 is 1. The van der Waals surface area contributed by atoms with Crippen LogP contribution in [-0.4, -0.2) is 18.7 Å². The Bertz CT molecular complexity index is 508. The van der Waals surface area contributed by atoms with Crippen LogP contribution in [0.15, 0.2) is 43.1 Å². The average Bonchev–Trinajstić information content (AvgIpc) is 2.35. The van der Waals surface area contributed by atoms with Crippen LogP contribution >= 0.6 is 0 Å². The minimum absolute atomic E-state index is 0.482. The zero-order chi connectivity index (χ0) is 11.4. The molecule has 0 saturated heterocycles. The molecule has 0 aliphatic heterocycles. The van der Waals surface area contributed by atoms with Crippen LogP contribution in [-0.2, 0) is 0 Å². The molecule has 1 aromatic carbocycles. The third-order valence-corrected chi connectivity index (χ3v) is 2.27. The number of nitrogens with zero attached hydrogens (tertiary/aromatic N) is 1. The number of ether oxygens (including phenoxy) is 2. The second-order valence-corrected chi connectivity index (χ2v) is 3.29. The molecular formula is C13H13NO2. The Morgan fingerprint density at radius 2 is 2.25 bits per heavy atom. The molecule has 82 valence electrons. The van der Waals surface area contributed by atoms with Gasteiger partial charge in [-0.05, 0) is 24.3 Å². The van der Waals surface area contributed by atoms with Crippen molar-refractivity contribution in [2.24, 2.45) is 0 Å². The fraction of sp³-hybridized carbons (Fsp3) is 0.154. The molecule has 0 aliphatic rings. The molecule has 3 heteroatoms. The standard InChI is InChI=1S/C13H13NO2/c1-3-8-16-13-6-7-14-12-5-4-10(15-2)9-11(12)13/h3-7,9H,1,8H2,2H3. The van der Waals surface area contributed by atoms with Crippen molar-refractivity contribution in [3.63, 3.8) is 0 Å². The zero-order valence-electron chi connectivity index (χ0n) is 9.14. The Kier molecular flexibility index (Phi) is 3.05. The lowest BCUT2D eigenvalue weighted by Crippen LogP contribution is -1.94. The van der Waals surface area contributed by atoms with Crippen LogP contribution < -0.4 is 9.47 Å². The average molecular weight is 215 g/mol. The first kappa shape index (κ1) is 10.5. The summed E-state index contributed by atoms with van der Waals surface area (Å²) in [4.78, 5) is 4.26. The first-order chi connectivity index (χ1) is 7.85. The number of hydrogen-bond acceptors (Lipinski definition) is 3. The molecule has 0 unspecified atom stereocenters. The fourth-order valence-electron chi connectivity index (χ4n) is 1.50. The quantitative estimate of drug-likeness (QED) is 0.735. The van der Waals surface area contributed by atoms with Gasteiger partial charge in [-0.15, -0.1) is 0 Å². The lowest BCUT2D eigenvalue weighted by molar-refractivity contribution is 0.367. The molecule has 3 nitrogen and oxygen atoms in total. The first-order valence-electron chi connectivity index (χ1n) is 5.01. The van der Waals surface area contributed by atoms with Gasteiger partial charge in [-0.1, -0.05) is 12.7 Å². The Hall–Kier alpha value is -2.03. The molecule has 0 radical (unpaired) electrons. The van der Waals surface area contributed by atoms with Crippen molar-refractivity contribution < 1.29 is 9.47 Å². The second-order valence-electron chi connectivity index (χ2n) is 3.29. The van der Waals surface area contributed by atoms with Gasteiger partial charge in [-0.3, -0.25) is 4.98 Å². The largest absolute Gasteiger partial charge is 0.497 e. The zero-order valence-corrected chi connectivity index (χ0v) is 9.14. The van der Waals surface area contributed by atoms with Crippen LogP contribution in [0.1, 0.15) is 0 Å². The molecule has 16 heavy (non-hydrogen) atoms. The van der Waals surface area contributed by atoms with E-state index in [9.17, 15) is 0 Å². The molecule has 2 rings (SSSR count). The Labute approximate surface area is 94.3 Å². The van der Waals surface area contributed by atoms with Gasteiger partial charge in [0.2, 0.25) is 0 Å². The third-order valence-electron chi connectivity index (χ3n) is 2.27. The summed E-state index contributed by atoms with van der Waals surface area (Å²) in [6, 6.07) is 7.55. The SMILES string of the molecule is C=CCOc1ccnc2ccc(OC)cc12. The van der Waals surface area contributed by atoms with Crippen LogP contribution in [0.25, 0.3) is 10.9 Å². The number of benzene rings is 1. The van der Waals surface area contributed by atoms with E-state index in [0.717, 1.165) is 22.4 Å². The summed E-state index contributed by atoms with van der Waals surface area (Å²) in [5.74, 6) is 1.59. The predicted molar refractivity (Wildman–Crippen MR) is 64.0 cm³/mol. The fourth-order valence-corrected chi connectivity index (χ4v) is 1.50. The molecule has 0 bridgehead atoms. The highest BCUT2D eigenvalue weighted by Crippen LogP contribution is 2.27. The smallest absolute Gasteiger partial charge is 0.130 e. The lowest BCUT2D eigenvalue weighted by Gasteiger charge is -2.08. The second kappa shape index (κ2) is 4.66. The molecule has 0 aliphatic carbocycles. The van der Waals surface area contributed by atoms with Crippen LogP contribution in [0.3, 0.4) is 0 Å². The maximum absolute atomic E-state index is 5.55. The van der Waals surface area contributed by atoms with E-state index < -0.39 is 0 Å². The summed E-state index contributed by atoms with van der Waals surface area (Å²) in [6.45, 7) is 4.11. The highest BCUT2D eigenvalue weighted by atomic mass is 16.5. The molecule has 0 fully saturated rings. The number of fused-ring (bicyclic) bond motifs is 1. The van der Waals surface area contributed by atoms with E-state index in [4.69, 9.17) is 9.47 Å². The molecule has 1 aromatic heterocycles. The molecule has 0 saturated carbocycles. The van der Waals surface area contributed by atoms with E-state index >= 15 is 0 Å². The normalized spacial score (nSPS) is 10.1. The summed E-state index contributed by atoms with van der Waals surface area (Å²) in [6.07, 6.45) is 3.44. The summed E-state index contributed by atoms with van der Waals surface area (Å²) in [7, 11) is 1.64. The number of aromatic nitrogens is 1. The van der Waals surface area contributed by atoms with E-state index in [1.807, 2.05) is 24.3 Å². The summed E-state index contributed by atoms with van der Waals surface area (Å²) in [5.41, 5.74) is 0.891. The van der Waals surface area contributed by atoms with Gasteiger partial charge < -0.3 is 9.47 Å². The van der Waals surface area contributed by atoms with Crippen LogP contribution in [0.5, 0.6) is 11.5 Å². The monoisotopic (exact) mass is 215 g/mol. The topological polar surface area (TPSA) is 31.4 Å². The number of pyridine rings is 1. The van der Waals surface area contributed by atoms with Gasteiger partial charge in [0.05, 0.1) is 12.6 Å². The molecule has 0 amide bonds. The van der Waals surface area contributed by atoms with Gasteiger partial charge in [0.1, 0.15) is 18.1 Å². The number of hydrogen-bond donors (Lipinski definition) is 0. The highest BCUT2D eigenvalue weighted by molar-refractivity contribution is 5.86. The van der Waals surface area contributed by atoms with Gasteiger partial charge in [-0.2, -0.15) is 0 Å². The Balaban J connectivity index is 2.50. The van der Waals surface area contributed by atoms with Crippen molar-refractivity contribution in [2.75, 3.05) is 13.7 Å². The van der Waals surface area contributed by atoms with E-state index in [0.29, 0.717) is 6.61 Å². The van der Waals surface area contributed by atoms with Crippen LogP contribution in [0.2, 0.25) is 0 Å². The van der Waals surface area contributed by atoms with E-state index in [-0.39, 0.29) is 0 Å². The molecular weight excluding hydrogens is 202 g/mol. The third kappa shape index (κ3) is 1.98. The predicted octanol–water partition coefficient (Wildman–Crippen LogP) is 2.81. The molecule has 0 atom stereocenters. The van der Waals surface area contributed by atoms with Gasteiger partial charge >= 0.3 is 0 Å². The minimum Gasteiger partial charge on any atom is -0.497 e. The summed E-state index contributed by atoms with van der Waals surface area (Å²) >= 11 is 0. The Morgan fingerprint density at radius 3 is 3.00 bits per heavy atom. The van der Waals surface area contributed by atoms with Crippen LogP contribution in [0.4, 0.5) is 0 Å². The van der Waals surface area contributed by atoms with Crippen molar-refractivity contribution in [1.29, 1.82) is 0 Å². The highest BCUT2D eigenvalue weighted by Gasteiger charge is 2.03. The van der Waals surface area contributed by atoms with Crippen molar-refractivity contribution in [3.05, 3.63) is 43.1 Å². The first-order valence-corrected chi connectivity index (χ1v) is 5.01. The molecule has 1 heterocycles. The maximum Gasteiger partial charge on any atom is 0.130 e. The van der Waals surface area contributed by atoms with Crippen molar-refractivity contribution >= 4 is 10.9 Å². The molecule has 0 spiro atoms. The Morgan fingerprint density at radius 1 is 1.38 bits per heavy atom. The van der Waals surface area contributed by atoms with Crippen molar-refractivity contribution in [3.8, 4) is 11.5 Å². The maximum atomic E-state index is 5.55. The minimum atomic E-state index is 0.482. The number of rotatable bonds is 4. The van der Waals surface area contributed by atoms with Gasteiger partial charge in [0.25, 0.3) is 0 Å².